The van der Waals surface area contributed by atoms with Gasteiger partial charge in [0, 0.05) is 22.8 Å². The molecule has 3 heteroatoms. The van der Waals surface area contributed by atoms with Crippen LogP contribution >= 0.6 is 11.3 Å². The summed E-state index contributed by atoms with van der Waals surface area (Å²) >= 11 is 1.67. The molecule has 1 N–H and O–H groups in total. The number of nitrogens with zero attached hydrogens (tertiary/aromatic N) is 1. The first-order valence-corrected chi connectivity index (χ1v) is 6.37. The molecule has 1 saturated carbocycles. The van der Waals surface area contributed by atoms with Gasteiger partial charge >= 0.3 is 0 Å². The second kappa shape index (κ2) is 4.78. The Hall–Kier alpha value is -0.850. The molecule has 0 aliphatic heterocycles. The summed E-state index contributed by atoms with van der Waals surface area (Å²) < 4.78 is 0. The van der Waals surface area contributed by atoms with E-state index in [1.54, 1.807) is 11.3 Å². The van der Waals surface area contributed by atoms with Gasteiger partial charge in [0.25, 0.3) is 0 Å². The standard InChI is InChI=1S/C12H16N2S/c1-9-2-3-11(4-9)14-7-12-5-10(6-13)8-15-12/h5,8-9,11,14H,2-4,7H2,1H3. The molecule has 1 aliphatic carbocycles. The predicted molar refractivity (Wildman–Crippen MR) is 62.7 cm³/mol. The highest BCUT2D eigenvalue weighted by molar-refractivity contribution is 7.10. The molecule has 0 saturated heterocycles. The first-order valence-electron chi connectivity index (χ1n) is 5.49. The van der Waals surface area contributed by atoms with Gasteiger partial charge in [-0.3, -0.25) is 0 Å². The Labute approximate surface area is 94.9 Å². The highest BCUT2D eigenvalue weighted by Gasteiger charge is 2.20. The van der Waals surface area contributed by atoms with Crippen molar-refractivity contribution in [2.75, 3.05) is 0 Å². The van der Waals surface area contributed by atoms with Gasteiger partial charge in [-0.15, -0.1) is 11.3 Å². The summed E-state index contributed by atoms with van der Waals surface area (Å²) in [6.45, 7) is 3.24. The number of thiophene rings is 1. The lowest BCUT2D eigenvalue weighted by molar-refractivity contribution is 0.504. The third-order valence-electron chi connectivity index (χ3n) is 3.04. The molecular formula is C12H16N2S. The van der Waals surface area contributed by atoms with E-state index < -0.39 is 0 Å². The Morgan fingerprint density at radius 2 is 2.47 bits per heavy atom. The summed E-state index contributed by atoms with van der Waals surface area (Å²) in [5, 5.41) is 14.2. The first kappa shape index (κ1) is 10.7. The van der Waals surface area contributed by atoms with E-state index in [0.29, 0.717) is 6.04 Å². The van der Waals surface area contributed by atoms with Crippen LogP contribution in [0.5, 0.6) is 0 Å². The fourth-order valence-electron chi connectivity index (χ4n) is 2.17. The van der Waals surface area contributed by atoms with Gasteiger partial charge in [-0.05, 0) is 31.2 Å². The molecule has 0 spiro atoms. The summed E-state index contributed by atoms with van der Waals surface area (Å²) in [7, 11) is 0. The summed E-state index contributed by atoms with van der Waals surface area (Å²) in [5.74, 6) is 0.875. The fraction of sp³-hybridized carbons (Fsp3) is 0.583. The Morgan fingerprint density at radius 1 is 1.60 bits per heavy atom. The molecule has 0 aromatic carbocycles. The molecule has 2 nitrogen and oxygen atoms in total. The van der Waals surface area contributed by atoms with Gasteiger partial charge in [0.1, 0.15) is 6.07 Å². The van der Waals surface area contributed by atoms with Gasteiger partial charge in [-0.25, -0.2) is 0 Å². The second-order valence-electron chi connectivity index (χ2n) is 4.41. The Bertz CT molecular complexity index is 364. The van der Waals surface area contributed by atoms with E-state index in [1.807, 2.05) is 11.4 Å². The van der Waals surface area contributed by atoms with Crippen molar-refractivity contribution in [3.05, 3.63) is 21.9 Å². The zero-order chi connectivity index (χ0) is 10.7. The van der Waals surface area contributed by atoms with Crippen molar-refractivity contribution in [3.63, 3.8) is 0 Å². The first-order chi connectivity index (χ1) is 7.28. The highest BCUT2D eigenvalue weighted by atomic mass is 32.1. The maximum Gasteiger partial charge on any atom is 0.100 e. The van der Waals surface area contributed by atoms with Gasteiger partial charge in [0.05, 0.1) is 5.56 Å². The van der Waals surface area contributed by atoms with Crippen LogP contribution < -0.4 is 5.32 Å². The third-order valence-corrected chi connectivity index (χ3v) is 3.98. The van der Waals surface area contributed by atoms with Crippen molar-refractivity contribution in [2.24, 2.45) is 5.92 Å². The Kier molecular flexibility index (Phi) is 3.40. The van der Waals surface area contributed by atoms with Crippen LogP contribution in [0, 0.1) is 17.2 Å². The summed E-state index contributed by atoms with van der Waals surface area (Å²) in [6.07, 6.45) is 3.96. The largest absolute Gasteiger partial charge is 0.309 e. The van der Waals surface area contributed by atoms with Crippen LogP contribution in [-0.4, -0.2) is 6.04 Å². The van der Waals surface area contributed by atoms with Crippen LogP contribution in [0.2, 0.25) is 0 Å². The molecule has 0 radical (unpaired) electrons. The zero-order valence-electron chi connectivity index (χ0n) is 8.99. The molecule has 1 fully saturated rings. The summed E-state index contributed by atoms with van der Waals surface area (Å²) in [6, 6.07) is 4.83. The van der Waals surface area contributed by atoms with Gasteiger partial charge in [-0.2, -0.15) is 5.26 Å². The topological polar surface area (TPSA) is 35.8 Å². The van der Waals surface area contributed by atoms with Gasteiger partial charge < -0.3 is 5.32 Å². The Balaban J connectivity index is 1.81. The van der Waals surface area contributed by atoms with Crippen molar-refractivity contribution in [1.82, 2.24) is 5.32 Å². The minimum absolute atomic E-state index is 0.688. The maximum atomic E-state index is 8.70. The minimum Gasteiger partial charge on any atom is -0.309 e. The van der Waals surface area contributed by atoms with Gasteiger partial charge in [-0.1, -0.05) is 6.92 Å². The van der Waals surface area contributed by atoms with Crippen LogP contribution in [0.1, 0.15) is 36.6 Å². The van der Waals surface area contributed by atoms with Crippen LogP contribution in [0.4, 0.5) is 0 Å². The maximum absolute atomic E-state index is 8.70. The second-order valence-corrected chi connectivity index (χ2v) is 5.41. The monoisotopic (exact) mass is 220 g/mol. The van der Waals surface area contributed by atoms with E-state index in [4.69, 9.17) is 5.26 Å². The molecule has 0 amide bonds. The summed E-state index contributed by atoms with van der Waals surface area (Å²) in [4.78, 5) is 1.27. The molecule has 1 aromatic heterocycles. The number of hydrogen-bond acceptors (Lipinski definition) is 3. The van der Waals surface area contributed by atoms with Crippen molar-refractivity contribution < 1.29 is 0 Å². The average molecular weight is 220 g/mol. The van der Waals surface area contributed by atoms with Crippen LogP contribution in [-0.2, 0) is 6.54 Å². The number of rotatable bonds is 3. The zero-order valence-corrected chi connectivity index (χ0v) is 9.81. The van der Waals surface area contributed by atoms with Gasteiger partial charge in [0.15, 0.2) is 0 Å². The highest BCUT2D eigenvalue weighted by Crippen LogP contribution is 2.25. The quantitative estimate of drug-likeness (QED) is 0.850. The van der Waals surface area contributed by atoms with E-state index in [-0.39, 0.29) is 0 Å². The SMILES string of the molecule is CC1CCC(NCc2cc(C#N)cs2)C1. The number of nitriles is 1. The molecule has 2 unspecified atom stereocenters. The number of hydrogen-bond donors (Lipinski definition) is 1. The van der Waals surface area contributed by atoms with Crippen LogP contribution in [0.15, 0.2) is 11.4 Å². The van der Waals surface area contributed by atoms with E-state index in [2.05, 4.69) is 18.3 Å². The van der Waals surface area contributed by atoms with E-state index in [1.165, 1.54) is 24.1 Å². The smallest absolute Gasteiger partial charge is 0.100 e. The van der Waals surface area contributed by atoms with E-state index in [9.17, 15) is 0 Å². The van der Waals surface area contributed by atoms with Crippen molar-refractivity contribution >= 4 is 11.3 Å². The number of nitrogens with one attached hydrogen (secondary N) is 1. The lowest BCUT2D eigenvalue weighted by Crippen LogP contribution is -2.25. The molecule has 1 aliphatic rings. The lowest BCUT2D eigenvalue weighted by Gasteiger charge is -2.10. The fourth-order valence-corrected chi connectivity index (χ4v) is 2.93. The third kappa shape index (κ3) is 2.80. The van der Waals surface area contributed by atoms with Gasteiger partial charge in [0.2, 0.25) is 0 Å². The summed E-state index contributed by atoms with van der Waals surface area (Å²) in [5.41, 5.74) is 0.789. The molecule has 1 heterocycles. The van der Waals surface area contributed by atoms with Crippen molar-refractivity contribution in [3.8, 4) is 6.07 Å². The minimum atomic E-state index is 0.688. The normalized spacial score (nSPS) is 25.3. The molecule has 2 rings (SSSR count). The molecule has 0 bridgehead atoms. The van der Waals surface area contributed by atoms with Crippen molar-refractivity contribution in [1.29, 1.82) is 5.26 Å². The van der Waals surface area contributed by atoms with E-state index in [0.717, 1.165) is 18.0 Å². The van der Waals surface area contributed by atoms with Crippen LogP contribution in [0.25, 0.3) is 0 Å². The average Bonchev–Trinajstić information content (AvgIpc) is 2.83. The predicted octanol–water partition coefficient (Wildman–Crippen LogP) is 2.90. The van der Waals surface area contributed by atoms with E-state index >= 15 is 0 Å². The van der Waals surface area contributed by atoms with Crippen molar-refractivity contribution in [2.45, 2.75) is 38.8 Å². The molecule has 80 valence electrons. The lowest BCUT2D eigenvalue weighted by atomic mass is 10.1. The molecule has 15 heavy (non-hydrogen) atoms. The molecule has 2 atom stereocenters. The molecule has 1 aromatic rings. The molecular weight excluding hydrogens is 204 g/mol. The Morgan fingerprint density at radius 3 is 3.07 bits per heavy atom. The van der Waals surface area contributed by atoms with Crippen LogP contribution in [0.3, 0.4) is 0 Å².